The maximum atomic E-state index is 5.15. The van der Waals surface area contributed by atoms with Gasteiger partial charge < -0.3 is 0 Å². The fourth-order valence-corrected chi connectivity index (χ4v) is 6.42. The van der Waals surface area contributed by atoms with E-state index in [0.717, 1.165) is 28.1 Å². The summed E-state index contributed by atoms with van der Waals surface area (Å²) < 4.78 is 3.57. The smallest absolute Gasteiger partial charge is 0.147 e. The zero-order valence-electron chi connectivity index (χ0n) is 22.9. The fraction of sp³-hybridized carbons (Fsp3) is 0.108. The van der Waals surface area contributed by atoms with Gasteiger partial charge in [-0.2, -0.15) is 0 Å². The molecule has 0 bridgehead atoms. The van der Waals surface area contributed by atoms with Crippen molar-refractivity contribution in [2.75, 3.05) is 0 Å². The average Bonchev–Trinajstić information content (AvgIpc) is 3.58. The van der Waals surface area contributed by atoms with Crippen molar-refractivity contribution in [1.82, 2.24) is 9.55 Å². The van der Waals surface area contributed by atoms with Crippen LogP contribution < -0.4 is 0 Å². The van der Waals surface area contributed by atoms with E-state index in [1.54, 1.807) is 11.3 Å². The molecule has 0 spiro atoms. The largest absolute Gasteiger partial charge is 0.292 e. The van der Waals surface area contributed by atoms with Crippen LogP contribution in [0.5, 0.6) is 0 Å². The summed E-state index contributed by atoms with van der Waals surface area (Å²) in [6, 6.07) is 43.6. The molecule has 0 N–H and O–H groups in total. The molecule has 0 radical (unpaired) electrons. The highest BCUT2D eigenvalue weighted by molar-refractivity contribution is 7.17. The van der Waals surface area contributed by atoms with E-state index in [1.165, 1.54) is 37.9 Å². The molecule has 194 valence electrons. The summed E-state index contributed by atoms with van der Waals surface area (Å²) >= 11 is 1.78. The lowest BCUT2D eigenvalue weighted by Crippen LogP contribution is -2.10. The molecule has 0 atom stereocenters. The Morgan fingerprint density at radius 1 is 0.625 bits per heavy atom. The third kappa shape index (κ3) is 4.33. The van der Waals surface area contributed by atoms with E-state index in [0.29, 0.717) is 0 Å². The lowest BCUT2D eigenvalue weighted by Gasteiger charge is -2.19. The Hall–Kier alpha value is -4.47. The lowest BCUT2D eigenvalue weighted by molar-refractivity contribution is 0.590. The first-order valence-corrected chi connectivity index (χ1v) is 14.6. The Morgan fingerprint density at radius 2 is 1.25 bits per heavy atom. The average molecular weight is 535 g/mol. The Kier molecular flexibility index (Phi) is 5.91. The van der Waals surface area contributed by atoms with Crippen molar-refractivity contribution < 1.29 is 0 Å². The SMILES string of the molecule is CC(C)(C)c1ccc(-c2ccc(-n3c(-c4csc5cc(-c6ccccc6)ccc45)nc4ccccc43)cc2)cc1. The Labute approximate surface area is 239 Å². The van der Waals surface area contributed by atoms with Gasteiger partial charge in [0.1, 0.15) is 5.82 Å². The topological polar surface area (TPSA) is 17.8 Å². The molecule has 2 nitrogen and oxygen atoms in total. The van der Waals surface area contributed by atoms with Crippen LogP contribution in [0.1, 0.15) is 26.3 Å². The van der Waals surface area contributed by atoms with Gasteiger partial charge in [0, 0.05) is 26.7 Å². The Balaban J connectivity index is 1.31. The molecule has 2 heterocycles. The number of hydrogen-bond donors (Lipinski definition) is 0. The second kappa shape index (κ2) is 9.62. The fourth-order valence-electron chi connectivity index (χ4n) is 5.45. The number of aromatic nitrogens is 2. The number of benzene rings is 5. The molecule has 0 aliphatic rings. The number of thiophene rings is 1. The van der Waals surface area contributed by atoms with Crippen molar-refractivity contribution in [3.05, 3.63) is 132 Å². The minimum atomic E-state index is 0.149. The van der Waals surface area contributed by atoms with Crippen LogP contribution in [0.2, 0.25) is 0 Å². The second-order valence-corrected chi connectivity index (χ2v) is 12.3. The maximum Gasteiger partial charge on any atom is 0.147 e. The zero-order valence-corrected chi connectivity index (χ0v) is 23.7. The van der Waals surface area contributed by atoms with Crippen LogP contribution in [0.25, 0.3) is 60.4 Å². The number of nitrogens with zero attached hydrogens (tertiary/aromatic N) is 2. The molecule has 2 aromatic heterocycles. The zero-order chi connectivity index (χ0) is 27.3. The van der Waals surface area contributed by atoms with E-state index in [4.69, 9.17) is 4.98 Å². The number of rotatable bonds is 4. The van der Waals surface area contributed by atoms with E-state index < -0.39 is 0 Å². The molecule has 0 saturated heterocycles. The van der Waals surface area contributed by atoms with Crippen molar-refractivity contribution in [2.24, 2.45) is 0 Å². The summed E-state index contributed by atoms with van der Waals surface area (Å²) in [6.45, 7) is 6.76. The summed E-state index contributed by atoms with van der Waals surface area (Å²) in [5, 5.41) is 3.49. The molecular weight excluding hydrogens is 504 g/mol. The molecule has 5 aromatic carbocycles. The monoisotopic (exact) mass is 534 g/mol. The normalized spacial score (nSPS) is 11.9. The number of para-hydroxylation sites is 2. The highest BCUT2D eigenvalue weighted by atomic mass is 32.1. The van der Waals surface area contributed by atoms with Crippen molar-refractivity contribution in [2.45, 2.75) is 26.2 Å². The quantitative estimate of drug-likeness (QED) is 0.220. The van der Waals surface area contributed by atoms with Gasteiger partial charge in [0.25, 0.3) is 0 Å². The van der Waals surface area contributed by atoms with Crippen LogP contribution >= 0.6 is 11.3 Å². The summed E-state index contributed by atoms with van der Waals surface area (Å²) in [6.07, 6.45) is 0. The van der Waals surface area contributed by atoms with Crippen LogP contribution in [-0.4, -0.2) is 9.55 Å². The van der Waals surface area contributed by atoms with Gasteiger partial charge in [0.15, 0.2) is 0 Å². The first-order chi connectivity index (χ1) is 19.5. The molecule has 0 amide bonds. The van der Waals surface area contributed by atoms with E-state index in [2.05, 4.69) is 152 Å². The van der Waals surface area contributed by atoms with Gasteiger partial charge in [-0.05, 0) is 63.6 Å². The molecule has 0 fully saturated rings. The first kappa shape index (κ1) is 24.6. The standard InChI is InChI=1S/C37H30N2S/c1-37(2,3)29-18-13-26(14-19-29)27-15-20-30(21-16-27)39-34-12-8-7-11-33(34)38-36(39)32-24-40-35-23-28(17-22-31(32)35)25-9-5-4-6-10-25/h4-24H,1-3H3. The highest BCUT2D eigenvalue weighted by Crippen LogP contribution is 2.39. The Morgan fingerprint density at radius 3 is 1.98 bits per heavy atom. The van der Waals surface area contributed by atoms with E-state index >= 15 is 0 Å². The van der Waals surface area contributed by atoms with Gasteiger partial charge in [-0.1, -0.05) is 112 Å². The Bertz CT molecular complexity index is 1950. The van der Waals surface area contributed by atoms with E-state index in [-0.39, 0.29) is 5.41 Å². The molecule has 0 aliphatic carbocycles. The summed E-state index contributed by atoms with van der Waals surface area (Å²) in [4.78, 5) is 5.15. The van der Waals surface area contributed by atoms with Crippen molar-refractivity contribution >= 4 is 32.5 Å². The van der Waals surface area contributed by atoms with Crippen LogP contribution in [0.15, 0.2) is 127 Å². The molecule has 0 saturated carbocycles. The lowest BCUT2D eigenvalue weighted by atomic mass is 9.86. The maximum absolute atomic E-state index is 5.15. The van der Waals surface area contributed by atoms with Gasteiger partial charge in [-0.3, -0.25) is 4.57 Å². The summed E-state index contributed by atoms with van der Waals surface area (Å²) in [5.41, 5.74) is 10.8. The van der Waals surface area contributed by atoms with Gasteiger partial charge in [-0.15, -0.1) is 11.3 Å². The molecular formula is C37H30N2S. The van der Waals surface area contributed by atoms with Crippen LogP contribution in [0.3, 0.4) is 0 Å². The van der Waals surface area contributed by atoms with Gasteiger partial charge in [0.05, 0.1) is 11.0 Å². The highest BCUT2D eigenvalue weighted by Gasteiger charge is 2.18. The van der Waals surface area contributed by atoms with Crippen molar-refractivity contribution in [3.8, 4) is 39.3 Å². The molecule has 0 aliphatic heterocycles. The van der Waals surface area contributed by atoms with Gasteiger partial charge >= 0.3 is 0 Å². The van der Waals surface area contributed by atoms with Crippen molar-refractivity contribution in [1.29, 1.82) is 0 Å². The van der Waals surface area contributed by atoms with Crippen LogP contribution in [-0.2, 0) is 5.41 Å². The van der Waals surface area contributed by atoms with E-state index in [9.17, 15) is 0 Å². The van der Waals surface area contributed by atoms with Gasteiger partial charge in [-0.25, -0.2) is 4.98 Å². The predicted molar refractivity (Wildman–Crippen MR) is 171 cm³/mol. The molecule has 7 rings (SSSR count). The summed E-state index contributed by atoms with van der Waals surface area (Å²) in [7, 11) is 0. The molecule has 40 heavy (non-hydrogen) atoms. The van der Waals surface area contributed by atoms with Gasteiger partial charge in [0.2, 0.25) is 0 Å². The minimum Gasteiger partial charge on any atom is -0.292 e. The third-order valence-corrected chi connectivity index (χ3v) is 8.64. The van der Waals surface area contributed by atoms with Crippen molar-refractivity contribution in [3.63, 3.8) is 0 Å². The number of hydrogen-bond acceptors (Lipinski definition) is 2. The molecule has 3 heteroatoms. The molecule has 7 aromatic rings. The predicted octanol–water partition coefficient (Wildman–Crippen LogP) is 10.5. The number of imidazole rings is 1. The van der Waals surface area contributed by atoms with Crippen LogP contribution in [0.4, 0.5) is 0 Å². The molecule has 0 unspecified atom stereocenters. The summed E-state index contributed by atoms with van der Waals surface area (Å²) in [5.74, 6) is 0.974. The van der Waals surface area contributed by atoms with Crippen LogP contribution in [0, 0.1) is 0 Å². The first-order valence-electron chi connectivity index (χ1n) is 13.7. The number of fused-ring (bicyclic) bond motifs is 2. The minimum absolute atomic E-state index is 0.149. The third-order valence-electron chi connectivity index (χ3n) is 7.69. The second-order valence-electron chi connectivity index (χ2n) is 11.4. The van der Waals surface area contributed by atoms with E-state index in [1.807, 2.05) is 0 Å².